The molecular formula is C13H27N3O. The third-order valence-electron chi connectivity index (χ3n) is 4.35. The number of nitrogens with zero attached hydrogens (tertiary/aromatic N) is 2. The van der Waals surface area contributed by atoms with Crippen molar-refractivity contribution in [3.63, 3.8) is 0 Å². The molecule has 0 radical (unpaired) electrons. The van der Waals surface area contributed by atoms with E-state index >= 15 is 0 Å². The Bertz CT molecular complexity index is 231. The molecule has 0 amide bonds. The molecular weight excluding hydrogens is 214 g/mol. The second-order valence-corrected chi connectivity index (χ2v) is 5.78. The van der Waals surface area contributed by atoms with E-state index in [1.165, 1.54) is 32.5 Å². The smallest absolute Gasteiger partial charge is 0.0510 e. The highest BCUT2D eigenvalue weighted by molar-refractivity contribution is 4.84. The molecule has 0 bridgehead atoms. The lowest BCUT2D eigenvalue weighted by atomic mass is 9.96. The van der Waals surface area contributed by atoms with Gasteiger partial charge in [-0.3, -0.25) is 0 Å². The second kappa shape index (κ2) is 6.14. The van der Waals surface area contributed by atoms with Gasteiger partial charge in [0.15, 0.2) is 0 Å². The van der Waals surface area contributed by atoms with Gasteiger partial charge >= 0.3 is 0 Å². The minimum atomic E-state index is 0.503. The van der Waals surface area contributed by atoms with Crippen LogP contribution in [0.5, 0.6) is 0 Å². The average Bonchev–Trinajstić information content (AvgIpc) is 2.92. The highest BCUT2D eigenvalue weighted by Gasteiger charge is 2.30. The molecule has 3 atom stereocenters. The Labute approximate surface area is 105 Å². The lowest BCUT2D eigenvalue weighted by Gasteiger charge is -2.32. The molecule has 0 aromatic heterocycles. The third-order valence-corrected chi connectivity index (χ3v) is 4.35. The van der Waals surface area contributed by atoms with Gasteiger partial charge in [-0.05, 0) is 39.4 Å². The van der Waals surface area contributed by atoms with E-state index in [1.807, 2.05) is 0 Å². The number of hydrogen-bond donors (Lipinski definition) is 1. The summed E-state index contributed by atoms with van der Waals surface area (Å²) in [5, 5.41) is 0. The largest absolute Gasteiger partial charge is 0.381 e. The normalized spacial score (nSPS) is 32.5. The summed E-state index contributed by atoms with van der Waals surface area (Å²) in [5.41, 5.74) is 5.95. The van der Waals surface area contributed by atoms with Gasteiger partial charge < -0.3 is 20.3 Å². The molecule has 2 aliphatic rings. The van der Waals surface area contributed by atoms with E-state index in [2.05, 4.69) is 23.9 Å². The van der Waals surface area contributed by atoms with Crippen LogP contribution in [0.2, 0.25) is 0 Å². The summed E-state index contributed by atoms with van der Waals surface area (Å²) in [7, 11) is 4.44. The molecule has 100 valence electrons. The standard InChI is InChI=1S/C13H27N3O/c1-15-5-3-11(8-15)9-16(2)13(7-14)12-4-6-17-10-12/h11-13H,3-10,14H2,1-2H3. The van der Waals surface area contributed by atoms with Crippen molar-refractivity contribution < 1.29 is 4.74 Å². The molecule has 2 heterocycles. The van der Waals surface area contributed by atoms with Gasteiger partial charge in [0.05, 0.1) is 6.61 Å². The summed E-state index contributed by atoms with van der Waals surface area (Å²) in [4.78, 5) is 4.90. The third kappa shape index (κ3) is 3.41. The lowest BCUT2D eigenvalue weighted by molar-refractivity contribution is 0.129. The van der Waals surface area contributed by atoms with Crippen molar-refractivity contribution in [1.29, 1.82) is 0 Å². The van der Waals surface area contributed by atoms with Crippen molar-refractivity contribution in [2.45, 2.75) is 18.9 Å². The van der Waals surface area contributed by atoms with Crippen LogP contribution in [0.25, 0.3) is 0 Å². The van der Waals surface area contributed by atoms with Gasteiger partial charge in [0.2, 0.25) is 0 Å². The number of likely N-dealkylation sites (tertiary alicyclic amines) is 1. The van der Waals surface area contributed by atoms with Gasteiger partial charge in [-0.1, -0.05) is 0 Å². The fraction of sp³-hybridized carbons (Fsp3) is 1.00. The molecule has 2 aliphatic heterocycles. The quantitative estimate of drug-likeness (QED) is 0.748. The molecule has 4 heteroatoms. The monoisotopic (exact) mass is 241 g/mol. The molecule has 2 N–H and O–H groups in total. The first-order chi connectivity index (χ1) is 8.20. The first kappa shape index (κ1) is 13.3. The van der Waals surface area contributed by atoms with Gasteiger partial charge in [0.25, 0.3) is 0 Å². The van der Waals surface area contributed by atoms with Crippen LogP contribution in [0.1, 0.15) is 12.8 Å². The molecule has 2 saturated heterocycles. The van der Waals surface area contributed by atoms with Gasteiger partial charge in [-0.2, -0.15) is 0 Å². The average molecular weight is 241 g/mol. The number of nitrogens with two attached hydrogens (primary N) is 1. The number of rotatable bonds is 5. The van der Waals surface area contributed by atoms with Gasteiger partial charge in [0, 0.05) is 38.2 Å². The summed E-state index contributed by atoms with van der Waals surface area (Å²) >= 11 is 0. The maximum Gasteiger partial charge on any atom is 0.0510 e. The maximum atomic E-state index is 5.95. The van der Waals surface area contributed by atoms with Crippen LogP contribution < -0.4 is 5.73 Å². The summed E-state index contributed by atoms with van der Waals surface area (Å²) in [5.74, 6) is 1.46. The zero-order valence-electron chi connectivity index (χ0n) is 11.3. The van der Waals surface area contributed by atoms with Crippen LogP contribution in [-0.4, -0.2) is 69.3 Å². The molecule has 0 aromatic rings. The minimum absolute atomic E-state index is 0.503. The van der Waals surface area contributed by atoms with Crippen molar-refractivity contribution >= 4 is 0 Å². The Morgan fingerprint density at radius 1 is 1.47 bits per heavy atom. The van der Waals surface area contributed by atoms with Gasteiger partial charge in [-0.15, -0.1) is 0 Å². The molecule has 17 heavy (non-hydrogen) atoms. The minimum Gasteiger partial charge on any atom is -0.381 e. The van der Waals surface area contributed by atoms with Crippen LogP contribution in [0, 0.1) is 11.8 Å². The van der Waals surface area contributed by atoms with Crippen LogP contribution in [0.3, 0.4) is 0 Å². The molecule has 0 spiro atoms. The van der Waals surface area contributed by atoms with E-state index in [1.54, 1.807) is 0 Å². The molecule has 0 aliphatic carbocycles. The SMILES string of the molecule is CN1CCC(CN(C)C(CN)C2CCOC2)C1. The fourth-order valence-corrected chi connectivity index (χ4v) is 3.31. The first-order valence-corrected chi connectivity index (χ1v) is 6.87. The number of ether oxygens (including phenoxy) is 1. The van der Waals surface area contributed by atoms with Crippen molar-refractivity contribution in [3.05, 3.63) is 0 Å². The molecule has 4 nitrogen and oxygen atoms in total. The van der Waals surface area contributed by atoms with E-state index < -0.39 is 0 Å². The Morgan fingerprint density at radius 2 is 2.29 bits per heavy atom. The summed E-state index contributed by atoms with van der Waals surface area (Å²) in [6.45, 7) is 6.24. The molecule has 0 aromatic carbocycles. The molecule has 2 rings (SSSR count). The van der Waals surface area contributed by atoms with Crippen LogP contribution in [0.15, 0.2) is 0 Å². The zero-order chi connectivity index (χ0) is 12.3. The zero-order valence-corrected chi connectivity index (χ0v) is 11.3. The van der Waals surface area contributed by atoms with Crippen molar-refractivity contribution in [2.75, 3.05) is 53.5 Å². The van der Waals surface area contributed by atoms with Crippen molar-refractivity contribution in [3.8, 4) is 0 Å². The molecule has 2 fully saturated rings. The lowest BCUT2D eigenvalue weighted by Crippen LogP contribution is -2.45. The fourth-order valence-electron chi connectivity index (χ4n) is 3.31. The van der Waals surface area contributed by atoms with Crippen molar-refractivity contribution in [2.24, 2.45) is 17.6 Å². The summed E-state index contributed by atoms with van der Waals surface area (Å²) < 4.78 is 5.49. The highest BCUT2D eigenvalue weighted by atomic mass is 16.5. The Balaban J connectivity index is 1.81. The van der Waals surface area contributed by atoms with Gasteiger partial charge in [0.1, 0.15) is 0 Å². The number of likely N-dealkylation sites (N-methyl/N-ethyl adjacent to an activating group) is 1. The number of hydrogen-bond acceptors (Lipinski definition) is 4. The topological polar surface area (TPSA) is 41.7 Å². The van der Waals surface area contributed by atoms with Crippen molar-refractivity contribution in [1.82, 2.24) is 9.80 Å². The Hall–Kier alpha value is -0.160. The van der Waals surface area contributed by atoms with Crippen LogP contribution in [0.4, 0.5) is 0 Å². The first-order valence-electron chi connectivity index (χ1n) is 6.87. The van der Waals surface area contributed by atoms with Crippen LogP contribution >= 0.6 is 0 Å². The Morgan fingerprint density at radius 3 is 2.82 bits per heavy atom. The van der Waals surface area contributed by atoms with E-state index in [9.17, 15) is 0 Å². The van der Waals surface area contributed by atoms with E-state index in [-0.39, 0.29) is 0 Å². The van der Waals surface area contributed by atoms with Gasteiger partial charge in [-0.25, -0.2) is 0 Å². The highest BCUT2D eigenvalue weighted by Crippen LogP contribution is 2.22. The van der Waals surface area contributed by atoms with E-state index in [0.717, 1.165) is 25.7 Å². The predicted molar refractivity (Wildman–Crippen MR) is 70.0 cm³/mol. The van der Waals surface area contributed by atoms with E-state index in [4.69, 9.17) is 10.5 Å². The molecule has 0 saturated carbocycles. The summed E-state index contributed by atoms with van der Waals surface area (Å²) in [6.07, 6.45) is 2.51. The predicted octanol–water partition coefficient (Wildman–Crippen LogP) is 0.234. The maximum absolute atomic E-state index is 5.95. The molecule has 3 unspecified atom stereocenters. The van der Waals surface area contributed by atoms with Crippen LogP contribution in [-0.2, 0) is 4.74 Å². The second-order valence-electron chi connectivity index (χ2n) is 5.78. The summed E-state index contributed by atoms with van der Waals surface area (Å²) in [6, 6.07) is 0.503. The van der Waals surface area contributed by atoms with E-state index in [0.29, 0.717) is 12.0 Å². The Kier molecular flexibility index (Phi) is 4.79.